The van der Waals surface area contributed by atoms with E-state index in [1.54, 1.807) is 12.3 Å². The molecule has 0 saturated carbocycles. The molecule has 5 heteroatoms. The molecular weight excluding hydrogens is 244 g/mol. The van der Waals surface area contributed by atoms with Crippen molar-refractivity contribution in [1.29, 1.82) is 0 Å². The fourth-order valence-corrected chi connectivity index (χ4v) is 1.33. The van der Waals surface area contributed by atoms with Gasteiger partial charge in [-0.25, -0.2) is 4.79 Å². The minimum atomic E-state index is -0.479. The van der Waals surface area contributed by atoms with E-state index in [2.05, 4.69) is 10.3 Å². The van der Waals surface area contributed by atoms with Gasteiger partial charge in [0.25, 0.3) is 0 Å². The molecule has 0 bridgehead atoms. The number of hydrogen-bond donors (Lipinski definition) is 2. The van der Waals surface area contributed by atoms with Gasteiger partial charge in [-0.1, -0.05) is 12.2 Å². The predicted molar refractivity (Wildman–Crippen MR) is 73.8 cm³/mol. The van der Waals surface area contributed by atoms with E-state index >= 15 is 0 Å². The van der Waals surface area contributed by atoms with Crippen LogP contribution in [0.15, 0.2) is 24.5 Å². The quantitative estimate of drug-likeness (QED) is 0.820. The third kappa shape index (κ3) is 7.08. The summed E-state index contributed by atoms with van der Waals surface area (Å²) in [5.74, 6) is 0.133. The highest BCUT2D eigenvalue weighted by Crippen LogP contribution is 2.10. The first-order valence-electron chi connectivity index (χ1n) is 6.14. The summed E-state index contributed by atoms with van der Waals surface area (Å²) in [7, 11) is 0. The fourth-order valence-electron chi connectivity index (χ4n) is 1.33. The summed E-state index contributed by atoms with van der Waals surface area (Å²) in [5, 5.41) is 11.9. The van der Waals surface area contributed by atoms with Gasteiger partial charge in [-0.15, -0.1) is 0 Å². The Hall–Kier alpha value is -2.04. The molecule has 1 aromatic rings. The Labute approximate surface area is 113 Å². The number of aromatic hydroxyl groups is 1. The van der Waals surface area contributed by atoms with Gasteiger partial charge in [-0.2, -0.15) is 0 Å². The molecule has 1 rings (SSSR count). The topological polar surface area (TPSA) is 71.5 Å². The molecule has 2 N–H and O–H groups in total. The molecule has 0 aliphatic heterocycles. The Kier molecular flexibility index (Phi) is 5.36. The minimum absolute atomic E-state index is 0.133. The highest BCUT2D eigenvalue weighted by Gasteiger charge is 2.14. The van der Waals surface area contributed by atoms with Crippen LogP contribution in [0.5, 0.6) is 5.75 Å². The first-order valence-corrected chi connectivity index (χ1v) is 6.14. The Bertz CT molecular complexity index is 450. The number of hydrogen-bond acceptors (Lipinski definition) is 4. The third-order valence-electron chi connectivity index (χ3n) is 2.03. The number of aromatic nitrogens is 1. The monoisotopic (exact) mass is 264 g/mol. The molecule has 0 spiro atoms. The van der Waals surface area contributed by atoms with Gasteiger partial charge in [0.2, 0.25) is 0 Å². The first kappa shape index (κ1) is 15.0. The van der Waals surface area contributed by atoms with Crippen LogP contribution < -0.4 is 5.32 Å². The van der Waals surface area contributed by atoms with E-state index < -0.39 is 11.7 Å². The Morgan fingerprint density at radius 3 is 2.84 bits per heavy atom. The number of ether oxygens (including phenoxy) is 1. The van der Waals surface area contributed by atoms with Gasteiger partial charge in [-0.3, -0.25) is 4.98 Å². The number of amides is 1. The summed E-state index contributed by atoms with van der Waals surface area (Å²) < 4.78 is 5.10. The normalized spacial score (nSPS) is 11.5. The number of rotatable bonds is 4. The molecule has 1 heterocycles. The maximum absolute atomic E-state index is 11.3. The van der Waals surface area contributed by atoms with Crippen LogP contribution in [0.4, 0.5) is 4.79 Å². The molecule has 0 radical (unpaired) electrons. The lowest BCUT2D eigenvalue weighted by Gasteiger charge is -2.19. The van der Waals surface area contributed by atoms with E-state index in [0.717, 1.165) is 5.56 Å². The molecule has 0 saturated heterocycles. The van der Waals surface area contributed by atoms with E-state index in [4.69, 9.17) is 4.74 Å². The van der Waals surface area contributed by atoms with Crippen LogP contribution in [-0.2, 0) is 4.74 Å². The van der Waals surface area contributed by atoms with Crippen molar-refractivity contribution in [3.8, 4) is 5.75 Å². The zero-order valence-corrected chi connectivity index (χ0v) is 11.5. The Morgan fingerprint density at radius 1 is 1.47 bits per heavy atom. The molecule has 0 unspecified atom stereocenters. The van der Waals surface area contributed by atoms with Crippen molar-refractivity contribution in [2.45, 2.75) is 32.8 Å². The fraction of sp³-hybridized carbons (Fsp3) is 0.429. The Morgan fingerprint density at radius 2 is 2.21 bits per heavy atom. The first-order chi connectivity index (χ1) is 8.87. The molecule has 104 valence electrons. The van der Waals surface area contributed by atoms with Gasteiger partial charge >= 0.3 is 6.09 Å². The van der Waals surface area contributed by atoms with Crippen molar-refractivity contribution in [2.75, 3.05) is 6.54 Å². The second-order valence-corrected chi connectivity index (χ2v) is 5.10. The van der Waals surface area contributed by atoms with Crippen molar-refractivity contribution in [1.82, 2.24) is 10.3 Å². The SMILES string of the molecule is CC(C)(C)OC(=O)NCCC=Cc1cncc(O)c1. The lowest BCUT2D eigenvalue weighted by atomic mass is 10.2. The van der Waals surface area contributed by atoms with Gasteiger partial charge in [0, 0.05) is 12.7 Å². The van der Waals surface area contributed by atoms with Gasteiger partial charge in [-0.05, 0) is 38.8 Å². The third-order valence-corrected chi connectivity index (χ3v) is 2.03. The second kappa shape index (κ2) is 6.78. The molecule has 5 nitrogen and oxygen atoms in total. The summed E-state index contributed by atoms with van der Waals surface area (Å²) in [5.41, 5.74) is 0.338. The van der Waals surface area contributed by atoms with Crippen molar-refractivity contribution in [2.24, 2.45) is 0 Å². The second-order valence-electron chi connectivity index (χ2n) is 5.10. The number of carbonyl (C=O) groups is 1. The molecular formula is C14H20N2O3. The highest BCUT2D eigenvalue weighted by molar-refractivity contribution is 5.67. The van der Waals surface area contributed by atoms with Crippen LogP contribution in [0.1, 0.15) is 32.8 Å². The number of nitrogens with one attached hydrogen (secondary N) is 1. The zero-order chi connectivity index (χ0) is 14.3. The van der Waals surface area contributed by atoms with Gasteiger partial charge in [0.05, 0.1) is 6.20 Å². The van der Waals surface area contributed by atoms with Crippen LogP contribution in [0.25, 0.3) is 6.08 Å². The van der Waals surface area contributed by atoms with Crippen LogP contribution in [0.3, 0.4) is 0 Å². The Balaban J connectivity index is 2.26. The summed E-state index contributed by atoms with van der Waals surface area (Å²) in [6.07, 6.45) is 7.02. The average Bonchev–Trinajstić information content (AvgIpc) is 2.26. The van der Waals surface area contributed by atoms with Crippen molar-refractivity contribution < 1.29 is 14.6 Å². The van der Waals surface area contributed by atoms with E-state index in [0.29, 0.717) is 13.0 Å². The zero-order valence-electron chi connectivity index (χ0n) is 11.5. The van der Waals surface area contributed by atoms with Crippen LogP contribution in [0.2, 0.25) is 0 Å². The van der Waals surface area contributed by atoms with Crippen molar-refractivity contribution in [3.63, 3.8) is 0 Å². The average molecular weight is 264 g/mol. The highest BCUT2D eigenvalue weighted by atomic mass is 16.6. The van der Waals surface area contributed by atoms with Crippen LogP contribution >= 0.6 is 0 Å². The summed E-state index contributed by atoms with van der Waals surface area (Å²) in [6.45, 7) is 5.96. The van der Waals surface area contributed by atoms with E-state index in [1.165, 1.54) is 6.20 Å². The number of nitrogens with zero attached hydrogens (tertiary/aromatic N) is 1. The van der Waals surface area contributed by atoms with Gasteiger partial charge < -0.3 is 15.2 Å². The molecule has 0 aliphatic carbocycles. The van der Waals surface area contributed by atoms with Crippen LogP contribution in [0, 0.1) is 0 Å². The van der Waals surface area contributed by atoms with E-state index in [1.807, 2.05) is 32.9 Å². The van der Waals surface area contributed by atoms with Crippen LogP contribution in [-0.4, -0.2) is 28.3 Å². The predicted octanol–water partition coefficient (Wildman–Crippen LogP) is 2.72. The van der Waals surface area contributed by atoms with Crippen molar-refractivity contribution in [3.05, 3.63) is 30.1 Å². The van der Waals surface area contributed by atoms with Crippen molar-refractivity contribution >= 4 is 12.2 Å². The molecule has 0 fully saturated rings. The minimum Gasteiger partial charge on any atom is -0.506 e. The lowest BCUT2D eigenvalue weighted by Crippen LogP contribution is -2.32. The lowest BCUT2D eigenvalue weighted by molar-refractivity contribution is 0.0529. The number of alkyl carbamates (subject to hydrolysis) is 1. The standard InChI is InChI=1S/C14H20N2O3/c1-14(2,3)19-13(18)16-7-5-4-6-11-8-12(17)10-15-9-11/h4,6,8-10,17H,5,7H2,1-3H3,(H,16,18). The molecule has 0 atom stereocenters. The molecule has 0 aromatic carbocycles. The summed E-state index contributed by atoms with van der Waals surface area (Å²) in [4.78, 5) is 15.2. The molecule has 1 aromatic heterocycles. The molecule has 1 amide bonds. The number of carbonyl (C=O) groups excluding carboxylic acids is 1. The maximum atomic E-state index is 11.3. The van der Waals surface area contributed by atoms with E-state index in [-0.39, 0.29) is 5.75 Å². The van der Waals surface area contributed by atoms with Gasteiger partial charge in [0.15, 0.2) is 0 Å². The largest absolute Gasteiger partial charge is 0.506 e. The number of pyridine rings is 1. The van der Waals surface area contributed by atoms with Gasteiger partial charge in [0.1, 0.15) is 11.4 Å². The summed E-state index contributed by atoms with van der Waals surface area (Å²) in [6, 6.07) is 1.62. The molecule has 0 aliphatic rings. The molecule has 19 heavy (non-hydrogen) atoms. The maximum Gasteiger partial charge on any atom is 0.407 e. The smallest absolute Gasteiger partial charge is 0.407 e. The summed E-state index contributed by atoms with van der Waals surface area (Å²) >= 11 is 0. The van der Waals surface area contributed by atoms with E-state index in [9.17, 15) is 9.90 Å².